The van der Waals surface area contributed by atoms with Crippen LogP contribution in [0.4, 0.5) is 18.0 Å². The van der Waals surface area contributed by atoms with Crippen LogP contribution in [0.1, 0.15) is 28.7 Å². The quantitative estimate of drug-likeness (QED) is 0.438. The van der Waals surface area contributed by atoms with Gasteiger partial charge in [-0.3, -0.25) is 19.4 Å². The second-order valence-electron chi connectivity index (χ2n) is 9.23. The number of barbiturate groups is 1. The Morgan fingerprint density at radius 3 is 2.08 bits per heavy atom. The zero-order valence-electron chi connectivity index (χ0n) is 20.5. The van der Waals surface area contributed by atoms with E-state index in [0.29, 0.717) is 15.4 Å². The second-order valence-corrected chi connectivity index (χ2v) is 9.23. The molecule has 1 saturated heterocycles. The lowest BCUT2D eigenvalue weighted by Crippen LogP contribution is -2.70. The molecule has 4 amide bonds. The summed E-state index contributed by atoms with van der Waals surface area (Å²) in [6, 6.07) is 11.5. The summed E-state index contributed by atoms with van der Waals surface area (Å²) in [5, 5.41) is 0. The number of urea groups is 1. The molecule has 2 aromatic rings. The van der Waals surface area contributed by atoms with Crippen molar-refractivity contribution in [1.29, 1.82) is 0 Å². The summed E-state index contributed by atoms with van der Waals surface area (Å²) in [4.78, 5) is 56.8. The third-order valence-electron chi connectivity index (χ3n) is 7.37. The van der Waals surface area contributed by atoms with Crippen molar-refractivity contribution in [3.63, 3.8) is 0 Å². The number of amides is 4. The van der Waals surface area contributed by atoms with Crippen LogP contribution in [0.25, 0.3) is 6.08 Å². The van der Waals surface area contributed by atoms with Gasteiger partial charge in [-0.1, -0.05) is 54.6 Å². The second kappa shape index (κ2) is 8.57. The van der Waals surface area contributed by atoms with Gasteiger partial charge < -0.3 is 9.64 Å². The molecule has 2 aromatic carbocycles. The molecule has 3 aliphatic heterocycles. The topological polar surface area (TPSA) is 87.2 Å². The number of esters is 1. The monoisotopic (exact) mass is 525 g/mol. The Kier molecular flexibility index (Phi) is 5.70. The van der Waals surface area contributed by atoms with Gasteiger partial charge in [0.15, 0.2) is 5.41 Å². The van der Waals surface area contributed by atoms with Crippen LogP contribution < -0.4 is 0 Å². The molecule has 38 heavy (non-hydrogen) atoms. The SMILES string of the molecule is COC(=O)C1=C(C(F)(F)F)N2C=Cc3ccccc3[C@H]2C2(C(=O)N(C)C(=O)N(C)C2=O)[C@H]1c1ccccc1. The number of hydrogen-bond donors (Lipinski definition) is 0. The number of allylic oxidation sites excluding steroid dienone is 1. The highest BCUT2D eigenvalue weighted by Gasteiger charge is 2.71. The summed E-state index contributed by atoms with van der Waals surface area (Å²) in [5.41, 5.74) is -3.76. The third kappa shape index (κ3) is 3.24. The van der Waals surface area contributed by atoms with Crippen molar-refractivity contribution in [2.24, 2.45) is 5.41 Å². The van der Waals surface area contributed by atoms with Gasteiger partial charge in [-0.25, -0.2) is 9.59 Å². The fourth-order valence-electron chi connectivity index (χ4n) is 5.86. The smallest absolute Gasteiger partial charge is 0.432 e. The lowest BCUT2D eigenvalue weighted by Gasteiger charge is -2.56. The molecular formula is C27H22F3N3O5. The third-order valence-corrected chi connectivity index (χ3v) is 7.37. The number of rotatable bonds is 2. The summed E-state index contributed by atoms with van der Waals surface area (Å²) >= 11 is 0. The van der Waals surface area contributed by atoms with Gasteiger partial charge in [0.2, 0.25) is 11.8 Å². The molecule has 0 bridgehead atoms. The minimum absolute atomic E-state index is 0.110. The van der Waals surface area contributed by atoms with Crippen molar-refractivity contribution in [3.05, 3.63) is 88.8 Å². The lowest BCUT2D eigenvalue weighted by molar-refractivity contribution is -0.171. The molecule has 2 atom stereocenters. The Bertz CT molecular complexity index is 1410. The van der Waals surface area contributed by atoms with E-state index < -0.39 is 58.6 Å². The first-order valence-corrected chi connectivity index (χ1v) is 11.6. The fourth-order valence-corrected chi connectivity index (χ4v) is 5.86. The number of halogens is 3. The zero-order chi connectivity index (χ0) is 27.6. The molecule has 0 radical (unpaired) electrons. The Morgan fingerprint density at radius 2 is 1.50 bits per heavy atom. The van der Waals surface area contributed by atoms with Crippen molar-refractivity contribution in [3.8, 4) is 0 Å². The summed E-state index contributed by atoms with van der Waals surface area (Å²) in [5.74, 6) is -5.14. The largest absolute Gasteiger partial charge is 0.466 e. The van der Waals surface area contributed by atoms with Crippen molar-refractivity contribution in [2.75, 3.05) is 21.2 Å². The molecule has 0 N–H and O–H groups in total. The first kappa shape index (κ1) is 25.2. The Morgan fingerprint density at radius 1 is 0.921 bits per heavy atom. The maximum Gasteiger partial charge on any atom is 0.432 e. The molecule has 5 rings (SSSR count). The van der Waals surface area contributed by atoms with Gasteiger partial charge in [0.1, 0.15) is 5.70 Å². The van der Waals surface area contributed by atoms with Crippen LogP contribution >= 0.6 is 0 Å². The first-order valence-electron chi connectivity index (χ1n) is 11.6. The van der Waals surface area contributed by atoms with E-state index in [1.54, 1.807) is 24.3 Å². The average molecular weight is 525 g/mol. The minimum Gasteiger partial charge on any atom is -0.466 e. The highest BCUT2D eigenvalue weighted by atomic mass is 19.4. The molecule has 8 nitrogen and oxygen atoms in total. The van der Waals surface area contributed by atoms with Crippen molar-refractivity contribution in [2.45, 2.75) is 18.1 Å². The van der Waals surface area contributed by atoms with Crippen LogP contribution in [0, 0.1) is 5.41 Å². The number of alkyl halides is 3. The van der Waals surface area contributed by atoms with E-state index >= 15 is 0 Å². The van der Waals surface area contributed by atoms with Gasteiger partial charge in [0.05, 0.1) is 18.7 Å². The number of nitrogens with zero attached hydrogens (tertiary/aromatic N) is 3. The van der Waals surface area contributed by atoms with E-state index in [4.69, 9.17) is 4.74 Å². The molecular weight excluding hydrogens is 503 g/mol. The molecule has 3 aliphatic rings. The number of fused-ring (bicyclic) bond motifs is 4. The van der Waals surface area contributed by atoms with E-state index in [1.165, 1.54) is 36.4 Å². The Balaban J connectivity index is 2.02. The van der Waals surface area contributed by atoms with Gasteiger partial charge in [-0.15, -0.1) is 0 Å². The molecule has 0 aromatic heterocycles. The van der Waals surface area contributed by atoms with Gasteiger partial charge in [-0.05, 0) is 22.8 Å². The predicted octanol–water partition coefficient (Wildman–Crippen LogP) is 3.84. The fraction of sp³-hybridized carbons (Fsp3) is 0.259. The average Bonchev–Trinajstić information content (AvgIpc) is 2.92. The Hall–Kier alpha value is -4.41. The Labute approximate surface area is 215 Å². The number of hydrogen-bond acceptors (Lipinski definition) is 6. The number of carbonyl (C=O) groups is 4. The van der Waals surface area contributed by atoms with E-state index in [9.17, 15) is 32.3 Å². The van der Waals surface area contributed by atoms with Crippen molar-refractivity contribution in [1.82, 2.24) is 14.7 Å². The standard InChI is InChI=1S/C27H22F3N3O5/c1-31-23(35)26(24(36)32(2)25(31)37)19(16-10-5-4-6-11-16)18(22(34)38-3)21(27(28,29)30)33-14-13-15-9-7-8-12-17(15)20(26)33/h4-14,19-20H,1-3H3/t19-,20-/m0/s1. The van der Waals surface area contributed by atoms with Gasteiger partial charge in [-0.2, -0.15) is 13.2 Å². The maximum absolute atomic E-state index is 14.9. The highest BCUT2D eigenvalue weighted by Crippen LogP contribution is 2.63. The van der Waals surface area contributed by atoms with Crippen molar-refractivity contribution < 1.29 is 37.1 Å². The maximum atomic E-state index is 14.9. The molecule has 3 heterocycles. The molecule has 0 aliphatic carbocycles. The van der Waals surface area contributed by atoms with Crippen LogP contribution in [0.3, 0.4) is 0 Å². The van der Waals surface area contributed by atoms with Gasteiger partial charge in [0.25, 0.3) is 0 Å². The van der Waals surface area contributed by atoms with E-state index in [2.05, 4.69) is 0 Å². The van der Waals surface area contributed by atoms with E-state index in [-0.39, 0.29) is 11.1 Å². The first-order chi connectivity index (χ1) is 18.0. The number of methoxy groups -OCH3 is 1. The highest BCUT2D eigenvalue weighted by molar-refractivity contribution is 6.21. The number of carbonyl (C=O) groups excluding carboxylic acids is 4. The summed E-state index contributed by atoms with van der Waals surface area (Å²) in [6.07, 6.45) is -2.56. The normalized spacial score (nSPS) is 22.6. The molecule has 1 spiro atoms. The van der Waals surface area contributed by atoms with Crippen LogP contribution in [0.2, 0.25) is 0 Å². The minimum atomic E-state index is -5.08. The van der Waals surface area contributed by atoms with Crippen LogP contribution in [0.15, 0.2) is 72.1 Å². The van der Waals surface area contributed by atoms with E-state index in [1.807, 2.05) is 0 Å². The molecule has 0 unspecified atom stereocenters. The van der Waals surface area contributed by atoms with Crippen LogP contribution in [-0.2, 0) is 19.1 Å². The zero-order valence-corrected chi connectivity index (χ0v) is 20.5. The summed E-state index contributed by atoms with van der Waals surface area (Å²) in [6.45, 7) is 0. The van der Waals surface area contributed by atoms with Crippen molar-refractivity contribution >= 4 is 29.9 Å². The number of ether oxygens (including phenoxy) is 1. The number of imide groups is 2. The summed E-state index contributed by atoms with van der Waals surface area (Å²) < 4.78 is 49.5. The number of benzene rings is 2. The van der Waals surface area contributed by atoms with Gasteiger partial charge >= 0.3 is 18.2 Å². The molecule has 1 fully saturated rings. The predicted molar refractivity (Wildman–Crippen MR) is 128 cm³/mol. The molecule has 0 saturated carbocycles. The molecule has 196 valence electrons. The van der Waals surface area contributed by atoms with Gasteiger partial charge in [0, 0.05) is 26.2 Å². The lowest BCUT2D eigenvalue weighted by atomic mass is 9.57. The van der Waals surface area contributed by atoms with Crippen LogP contribution in [-0.4, -0.2) is 65.9 Å². The van der Waals surface area contributed by atoms with Crippen LogP contribution in [0.5, 0.6) is 0 Å². The summed E-state index contributed by atoms with van der Waals surface area (Å²) in [7, 11) is 3.25. The molecule has 11 heteroatoms. The van der Waals surface area contributed by atoms with E-state index in [0.717, 1.165) is 32.3 Å².